The van der Waals surface area contributed by atoms with E-state index < -0.39 is 12.2 Å². The number of imidazole rings is 1. The van der Waals surface area contributed by atoms with Crippen LogP contribution in [0.1, 0.15) is 5.82 Å². The number of aromatic nitrogens is 2. The van der Waals surface area contributed by atoms with Gasteiger partial charge in [0.1, 0.15) is 30.4 Å². The average molecular weight is 264 g/mol. The molecule has 0 saturated heterocycles. The number of methoxy groups -OCH3 is 1. The quantitative estimate of drug-likeness (QED) is 0.833. The maximum Gasteiger partial charge on any atom is 0.136 e. The van der Waals surface area contributed by atoms with Crippen molar-refractivity contribution in [2.75, 3.05) is 13.7 Å². The van der Waals surface area contributed by atoms with Crippen LogP contribution in [0.5, 0.6) is 5.75 Å². The van der Waals surface area contributed by atoms with E-state index in [1.807, 2.05) is 22.8 Å². The predicted molar refractivity (Wildman–Crippen MR) is 68.0 cm³/mol. The Labute approximate surface area is 110 Å². The number of aliphatic hydroxyl groups excluding tert-OH is 2. The van der Waals surface area contributed by atoms with Crippen LogP contribution in [0, 0.1) is 0 Å². The molecule has 0 fully saturated rings. The average Bonchev–Trinajstić information content (AvgIpc) is 2.82. The summed E-state index contributed by atoms with van der Waals surface area (Å²) in [6.07, 6.45) is -1.28. The molecular weight excluding hydrogens is 248 g/mol. The van der Waals surface area contributed by atoms with Gasteiger partial charge in [-0.05, 0) is 12.1 Å². The number of benzene rings is 1. The van der Waals surface area contributed by atoms with Crippen LogP contribution in [-0.4, -0.2) is 45.7 Å². The van der Waals surface area contributed by atoms with Gasteiger partial charge in [-0.1, -0.05) is 0 Å². The van der Waals surface area contributed by atoms with Crippen LogP contribution in [0.4, 0.5) is 0 Å². The molecule has 102 valence electrons. The fourth-order valence-corrected chi connectivity index (χ4v) is 2.36. The van der Waals surface area contributed by atoms with Crippen molar-refractivity contribution < 1.29 is 19.7 Å². The zero-order valence-electron chi connectivity index (χ0n) is 10.6. The van der Waals surface area contributed by atoms with E-state index in [1.54, 1.807) is 7.11 Å². The molecule has 1 aromatic carbocycles. The normalized spacial score (nSPS) is 20.3. The standard InChI is InChI=1S/C13H16N2O4/c1-18-8-2-3-10-9(4-8)14-13-7-19-12(5-15(10)13)11(17)6-16/h2-4,11-12,16-17H,5-7H2,1H3/t11-,12+/m1/s1. The number of aliphatic hydroxyl groups is 2. The minimum Gasteiger partial charge on any atom is -0.497 e. The first-order valence-electron chi connectivity index (χ1n) is 6.16. The van der Waals surface area contributed by atoms with Gasteiger partial charge in [0, 0.05) is 6.07 Å². The lowest BCUT2D eigenvalue weighted by Crippen LogP contribution is -2.39. The number of fused-ring (bicyclic) bond motifs is 3. The molecule has 0 bridgehead atoms. The van der Waals surface area contributed by atoms with Gasteiger partial charge in [-0.15, -0.1) is 0 Å². The topological polar surface area (TPSA) is 76.7 Å². The fraction of sp³-hybridized carbons (Fsp3) is 0.462. The molecule has 0 amide bonds. The van der Waals surface area contributed by atoms with E-state index >= 15 is 0 Å². The van der Waals surface area contributed by atoms with Crippen molar-refractivity contribution in [1.82, 2.24) is 9.55 Å². The highest BCUT2D eigenvalue weighted by atomic mass is 16.5. The Bertz CT molecular complexity index is 596. The van der Waals surface area contributed by atoms with Gasteiger partial charge < -0.3 is 24.3 Å². The summed E-state index contributed by atoms with van der Waals surface area (Å²) in [5.41, 5.74) is 1.83. The van der Waals surface area contributed by atoms with Crippen LogP contribution in [0.3, 0.4) is 0 Å². The highest BCUT2D eigenvalue weighted by Gasteiger charge is 2.27. The molecule has 2 N–H and O–H groups in total. The number of nitrogens with zero attached hydrogens (tertiary/aromatic N) is 2. The zero-order chi connectivity index (χ0) is 13.4. The highest BCUT2D eigenvalue weighted by Crippen LogP contribution is 2.25. The molecule has 6 heteroatoms. The van der Waals surface area contributed by atoms with Gasteiger partial charge in [0.05, 0.1) is 31.3 Å². The van der Waals surface area contributed by atoms with Crippen LogP contribution < -0.4 is 4.74 Å². The van der Waals surface area contributed by atoms with Gasteiger partial charge in [0.2, 0.25) is 0 Å². The highest BCUT2D eigenvalue weighted by molar-refractivity contribution is 5.77. The van der Waals surface area contributed by atoms with Crippen LogP contribution >= 0.6 is 0 Å². The molecule has 2 aromatic rings. The molecule has 0 radical (unpaired) electrons. The van der Waals surface area contributed by atoms with Gasteiger partial charge in [0.15, 0.2) is 0 Å². The van der Waals surface area contributed by atoms with Crippen molar-refractivity contribution in [2.24, 2.45) is 0 Å². The number of hydrogen-bond acceptors (Lipinski definition) is 5. The van der Waals surface area contributed by atoms with Crippen LogP contribution in [0.15, 0.2) is 18.2 Å². The lowest BCUT2D eigenvalue weighted by Gasteiger charge is -2.27. The number of rotatable bonds is 3. The van der Waals surface area contributed by atoms with E-state index in [0.29, 0.717) is 13.2 Å². The van der Waals surface area contributed by atoms with E-state index in [0.717, 1.165) is 22.6 Å². The Hall–Kier alpha value is -1.63. The van der Waals surface area contributed by atoms with E-state index in [2.05, 4.69) is 4.98 Å². The zero-order valence-corrected chi connectivity index (χ0v) is 10.6. The Kier molecular flexibility index (Phi) is 3.14. The van der Waals surface area contributed by atoms with E-state index in [-0.39, 0.29) is 6.61 Å². The summed E-state index contributed by atoms with van der Waals surface area (Å²) in [5.74, 6) is 1.58. The first kappa shape index (κ1) is 12.4. The van der Waals surface area contributed by atoms with Crippen molar-refractivity contribution in [1.29, 1.82) is 0 Å². The summed E-state index contributed by atoms with van der Waals surface area (Å²) in [6, 6.07) is 5.70. The molecule has 0 saturated carbocycles. The molecule has 19 heavy (non-hydrogen) atoms. The van der Waals surface area contributed by atoms with Gasteiger partial charge in [-0.3, -0.25) is 0 Å². The molecule has 1 aliphatic rings. The van der Waals surface area contributed by atoms with Crippen molar-refractivity contribution in [2.45, 2.75) is 25.4 Å². The summed E-state index contributed by atoms with van der Waals surface area (Å²) in [4.78, 5) is 4.50. The Morgan fingerprint density at radius 2 is 2.42 bits per heavy atom. The predicted octanol–water partition coefficient (Wildman–Crippen LogP) is 0.297. The van der Waals surface area contributed by atoms with Crippen LogP contribution in [0.2, 0.25) is 0 Å². The first-order valence-corrected chi connectivity index (χ1v) is 6.16. The summed E-state index contributed by atoms with van der Waals surface area (Å²) in [6.45, 7) is 0.513. The molecule has 0 aliphatic carbocycles. The molecule has 6 nitrogen and oxygen atoms in total. The van der Waals surface area contributed by atoms with E-state index in [9.17, 15) is 5.11 Å². The second kappa shape index (κ2) is 4.80. The molecular formula is C13H16N2O4. The molecule has 1 aliphatic heterocycles. The number of hydrogen-bond donors (Lipinski definition) is 2. The van der Waals surface area contributed by atoms with Crippen LogP contribution in [-0.2, 0) is 17.9 Å². The lowest BCUT2D eigenvalue weighted by molar-refractivity contribution is -0.0864. The minimum absolute atomic E-state index is 0.305. The third kappa shape index (κ3) is 2.07. The Balaban J connectivity index is 1.99. The van der Waals surface area contributed by atoms with Gasteiger partial charge >= 0.3 is 0 Å². The van der Waals surface area contributed by atoms with Crippen LogP contribution in [0.25, 0.3) is 11.0 Å². The molecule has 2 atom stereocenters. The Morgan fingerprint density at radius 3 is 3.16 bits per heavy atom. The SMILES string of the molecule is COc1ccc2c(c1)nc1n2C[C@@H]([C@H](O)CO)OC1. The molecule has 0 spiro atoms. The summed E-state index contributed by atoms with van der Waals surface area (Å²) >= 11 is 0. The monoisotopic (exact) mass is 264 g/mol. The molecule has 0 unspecified atom stereocenters. The van der Waals surface area contributed by atoms with Crippen molar-refractivity contribution in [3.8, 4) is 5.75 Å². The third-order valence-electron chi connectivity index (χ3n) is 3.44. The van der Waals surface area contributed by atoms with Gasteiger partial charge in [-0.2, -0.15) is 0 Å². The largest absolute Gasteiger partial charge is 0.497 e. The lowest BCUT2D eigenvalue weighted by atomic mass is 10.2. The van der Waals surface area contributed by atoms with Crippen molar-refractivity contribution >= 4 is 11.0 Å². The second-order valence-electron chi connectivity index (χ2n) is 4.59. The minimum atomic E-state index is -0.871. The summed E-state index contributed by atoms with van der Waals surface area (Å²) < 4.78 is 12.7. The van der Waals surface area contributed by atoms with Crippen molar-refractivity contribution in [3.05, 3.63) is 24.0 Å². The summed E-state index contributed by atoms with van der Waals surface area (Å²) in [5, 5.41) is 18.7. The molecule has 3 rings (SSSR count). The smallest absolute Gasteiger partial charge is 0.136 e. The molecule has 1 aromatic heterocycles. The van der Waals surface area contributed by atoms with Gasteiger partial charge in [0.25, 0.3) is 0 Å². The maximum absolute atomic E-state index is 9.67. The number of ether oxygens (including phenoxy) is 2. The van der Waals surface area contributed by atoms with Crippen molar-refractivity contribution in [3.63, 3.8) is 0 Å². The third-order valence-corrected chi connectivity index (χ3v) is 3.44. The first-order chi connectivity index (χ1) is 9.22. The second-order valence-corrected chi connectivity index (χ2v) is 4.59. The fourth-order valence-electron chi connectivity index (χ4n) is 2.36. The van der Waals surface area contributed by atoms with E-state index in [1.165, 1.54) is 0 Å². The Morgan fingerprint density at radius 1 is 1.58 bits per heavy atom. The molecule has 2 heterocycles. The van der Waals surface area contributed by atoms with Gasteiger partial charge in [-0.25, -0.2) is 4.98 Å². The maximum atomic E-state index is 9.67. The summed E-state index contributed by atoms with van der Waals surface area (Å²) in [7, 11) is 1.62. The van der Waals surface area contributed by atoms with E-state index in [4.69, 9.17) is 14.6 Å².